The minimum atomic E-state index is 0.0246. The van der Waals surface area contributed by atoms with E-state index in [1.54, 1.807) is 35.2 Å². The number of piperazine rings is 1. The SMILES string of the molecule is CC(C)n1ncc2c(C(=O)N3CCN(c4ncnc5sccc45)CC3)cc(-c3cccs3)nc21. The molecule has 0 saturated carbocycles. The molecule has 1 saturated heterocycles. The summed E-state index contributed by atoms with van der Waals surface area (Å²) in [6, 6.07) is 8.18. The van der Waals surface area contributed by atoms with Crippen molar-refractivity contribution in [2.45, 2.75) is 19.9 Å². The number of pyridine rings is 1. The van der Waals surface area contributed by atoms with Gasteiger partial charge in [0, 0.05) is 32.2 Å². The van der Waals surface area contributed by atoms with Crippen molar-refractivity contribution in [1.82, 2.24) is 29.6 Å². The fourth-order valence-electron chi connectivity index (χ4n) is 4.44. The molecule has 0 atom stereocenters. The Hall–Kier alpha value is -3.37. The maximum atomic E-state index is 13.8. The third kappa shape index (κ3) is 3.54. The van der Waals surface area contributed by atoms with Gasteiger partial charge in [0.25, 0.3) is 5.91 Å². The molecule has 1 aliphatic heterocycles. The Morgan fingerprint density at radius 3 is 2.65 bits per heavy atom. The van der Waals surface area contributed by atoms with Gasteiger partial charge in [0.05, 0.1) is 33.1 Å². The second-order valence-corrected chi connectivity index (χ2v) is 10.4. The van der Waals surface area contributed by atoms with Gasteiger partial charge < -0.3 is 9.80 Å². The summed E-state index contributed by atoms with van der Waals surface area (Å²) < 4.78 is 1.89. The van der Waals surface area contributed by atoms with Gasteiger partial charge in [0.1, 0.15) is 17.0 Å². The number of carbonyl (C=O) groups excluding carboxylic acids is 1. The highest BCUT2D eigenvalue weighted by atomic mass is 32.1. The van der Waals surface area contributed by atoms with Crippen LogP contribution in [0.5, 0.6) is 0 Å². The summed E-state index contributed by atoms with van der Waals surface area (Å²) in [5, 5.41) is 10.5. The van der Waals surface area contributed by atoms with Crippen LogP contribution in [0.2, 0.25) is 0 Å². The van der Waals surface area contributed by atoms with Gasteiger partial charge in [-0.25, -0.2) is 19.6 Å². The van der Waals surface area contributed by atoms with Crippen LogP contribution in [0.4, 0.5) is 5.82 Å². The third-order valence-corrected chi connectivity index (χ3v) is 7.88. The molecule has 1 aliphatic rings. The molecular formula is C24H23N7OS2. The highest BCUT2D eigenvalue weighted by molar-refractivity contribution is 7.16. The van der Waals surface area contributed by atoms with Crippen LogP contribution in [0.15, 0.2) is 47.5 Å². The van der Waals surface area contributed by atoms with Gasteiger partial charge in [0.2, 0.25) is 0 Å². The van der Waals surface area contributed by atoms with Gasteiger partial charge in [-0.2, -0.15) is 5.10 Å². The van der Waals surface area contributed by atoms with E-state index in [1.165, 1.54) is 0 Å². The van der Waals surface area contributed by atoms with E-state index < -0.39 is 0 Å². The number of hydrogen-bond donors (Lipinski definition) is 0. The molecule has 8 nitrogen and oxygen atoms in total. The molecule has 0 unspecified atom stereocenters. The van der Waals surface area contributed by atoms with Gasteiger partial charge >= 0.3 is 0 Å². The van der Waals surface area contributed by atoms with E-state index in [4.69, 9.17) is 4.98 Å². The predicted molar refractivity (Wildman–Crippen MR) is 137 cm³/mol. The predicted octanol–water partition coefficient (Wildman–Crippen LogP) is 4.71. The summed E-state index contributed by atoms with van der Waals surface area (Å²) in [5.41, 5.74) is 2.23. The van der Waals surface area contributed by atoms with Crippen molar-refractivity contribution in [3.05, 3.63) is 53.1 Å². The first-order valence-corrected chi connectivity index (χ1v) is 13.0. The molecule has 6 rings (SSSR count). The van der Waals surface area contributed by atoms with E-state index in [-0.39, 0.29) is 11.9 Å². The number of aromatic nitrogens is 5. The third-order valence-electron chi connectivity index (χ3n) is 6.17. The van der Waals surface area contributed by atoms with E-state index in [9.17, 15) is 4.79 Å². The van der Waals surface area contributed by atoms with Gasteiger partial charge in [-0.1, -0.05) is 6.07 Å². The van der Waals surface area contributed by atoms with Crippen molar-refractivity contribution < 1.29 is 4.79 Å². The monoisotopic (exact) mass is 489 g/mol. The minimum absolute atomic E-state index is 0.0246. The van der Waals surface area contributed by atoms with Crippen molar-refractivity contribution in [2.75, 3.05) is 31.1 Å². The topological polar surface area (TPSA) is 80.0 Å². The zero-order valence-corrected chi connectivity index (χ0v) is 20.5. The molecule has 5 aromatic heterocycles. The summed E-state index contributed by atoms with van der Waals surface area (Å²) in [6.07, 6.45) is 3.40. The van der Waals surface area contributed by atoms with Crippen molar-refractivity contribution in [3.63, 3.8) is 0 Å². The van der Waals surface area contributed by atoms with Crippen molar-refractivity contribution in [1.29, 1.82) is 0 Å². The molecule has 0 radical (unpaired) electrons. The lowest BCUT2D eigenvalue weighted by Gasteiger charge is -2.35. The Kier molecular flexibility index (Phi) is 5.26. The Morgan fingerprint density at radius 1 is 1.03 bits per heavy atom. The first-order valence-electron chi connectivity index (χ1n) is 11.2. The standard InChI is InChI=1S/C24H23N7OS2/c1-15(2)31-22-18(13-27-31)17(12-19(28-22)20-4-3-10-33-20)24(32)30-8-6-29(7-9-30)21-16-5-11-34-23(16)26-14-25-21/h3-5,10-15H,6-9H2,1-2H3. The van der Waals surface area contributed by atoms with Crippen LogP contribution in [-0.2, 0) is 0 Å². The number of thiophene rings is 2. The number of hydrogen-bond acceptors (Lipinski definition) is 8. The minimum Gasteiger partial charge on any atom is -0.352 e. The summed E-state index contributed by atoms with van der Waals surface area (Å²) in [7, 11) is 0. The Balaban J connectivity index is 1.31. The van der Waals surface area contributed by atoms with Crippen molar-refractivity contribution in [3.8, 4) is 10.6 Å². The Labute approximate surface area is 204 Å². The largest absolute Gasteiger partial charge is 0.352 e. The molecule has 10 heteroatoms. The van der Waals surface area contributed by atoms with E-state index >= 15 is 0 Å². The smallest absolute Gasteiger partial charge is 0.254 e. The van der Waals surface area contributed by atoms with E-state index in [0.29, 0.717) is 18.7 Å². The maximum Gasteiger partial charge on any atom is 0.254 e. The van der Waals surface area contributed by atoms with Crippen LogP contribution in [0.1, 0.15) is 30.2 Å². The number of carbonyl (C=O) groups is 1. The van der Waals surface area contributed by atoms with Crippen LogP contribution in [0.3, 0.4) is 0 Å². The highest BCUT2D eigenvalue weighted by Crippen LogP contribution is 2.31. The fourth-order valence-corrected chi connectivity index (χ4v) is 5.86. The number of fused-ring (bicyclic) bond motifs is 2. The number of nitrogens with zero attached hydrogens (tertiary/aromatic N) is 7. The molecule has 0 aromatic carbocycles. The molecule has 0 N–H and O–H groups in total. The van der Waals surface area contributed by atoms with Gasteiger partial charge in [-0.3, -0.25) is 4.79 Å². The van der Waals surface area contributed by atoms with Gasteiger partial charge in [-0.15, -0.1) is 22.7 Å². The van der Waals surface area contributed by atoms with Crippen molar-refractivity contribution >= 4 is 55.6 Å². The summed E-state index contributed by atoms with van der Waals surface area (Å²) in [4.78, 5) is 33.7. The quantitative estimate of drug-likeness (QED) is 0.364. The lowest BCUT2D eigenvalue weighted by atomic mass is 10.1. The molecule has 1 fully saturated rings. The zero-order valence-electron chi connectivity index (χ0n) is 18.9. The Morgan fingerprint density at radius 2 is 1.88 bits per heavy atom. The molecule has 34 heavy (non-hydrogen) atoms. The van der Waals surface area contributed by atoms with Crippen LogP contribution < -0.4 is 4.90 Å². The van der Waals surface area contributed by atoms with Crippen molar-refractivity contribution in [2.24, 2.45) is 0 Å². The van der Waals surface area contributed by atoms with E-state index in [1.807, 2.05) is 38.5 Å². The molecular weight excluding hydrogens is 466 g/mol. The molecule has 1 amide bonds. The molecule has 0 bridgehead atoms. The first kappa shape index (κ1) is 21.2. The summed E-state index contributed by atoms with van der Waals surface area (Å²) >= 11 is 3.24. The zero-order chi connectivity index (χ0) is 23.2. The molecule has 0 aliphatic carbocycles. The number of amides is 1. The summed E-state index contributed by atoms with van der Waals surface area (Å²) in [6.45, 7) is 6.86. The van der Waals surface area contributed by atoms with Crippen LogP contribution in [0, 0.1) is 0 Å². The average molecular weight is 490 g/mol. The maximum absolute atomic E-state index is 13.8. The fraction of sp³-hybridized carbons (Fsp3) is 0.292. The van der Waals surface area contributed by atoms with E-state index in [2.05, 4.69) is 39.9 Å². The van der Waals surface area contributed by atoms with Crippen LogP contribution in [-0.4, -0.2) is 61.7 Å². The molecule has 172 valence electrons. The second kappa shape index (κ2) is 8.44. The van der Waals surface area contributed by atoms with Crippen LogP contribution in [0.25, 0.3) is 31.8 Å². The molecule has 6 heterocycles. The van der Waals surface area contributed by atoms with Gasteiger partial charge in [0.15, 0.2) is 5.65 Å². The van der Waals surface area contributed by atoms with E-state index in [0.717, 1.165) is 50.7 Å². The summed E-state index contributed by atoms with van der Waals surface area (Å²) in [5.74, 6) is 0.972. The average Bonchev–Trinajstić information content (AvgIpc) is 3.63. The first-order chi connectivity index (χ1) is 16.6. The lowest BCUT2D eigenvalue weighted by Crippen LogP contribution is -2.49. The van der Waals surface area contributed by atoms with Crippen LogP contribution >= 0.6 is 22.7 Å². The number of rotatable bonds is 4. The second-order valence-electron chi connectivity index (χ2n) is 8.57. The van der Waals surface area contributed by atoms with Gasteiger partial charge in [-0.05, 0) is 42.8 Å². The Bertz CT molecular complexity index is 1480. The normalized spacial score (nSPS) is 14.6. The molecule has 0 spiro atoms. The lowest BCUT2D eigenvalue weighted by molar-refractivity contribution is 0.0748. The number of anilines is 1. The molecule has 5 aromatic rings. The highest BCUT2D eigenvalue weighted by Gasteiger charge is 2.27.